The summed E-state index contributed by atoms with van der Waals surface area (Å²) in [5.41, 5.74) is 1.03. The maximum Gasteiger partial charge on any atom is 0.500 e. The van der Waals surface area contributed by atoms with Gasteiger partial charge in [0.2, 0.25) is 0 Å². The summed E-state index contributed by atoms with van der Waals surface area (Å²) in [7, 11) is 2.46. The molecule has 0 amide bonds. The maximum absolute atomic E-state index is 5.38. The largest absolute Gasteiger partial charge is 0.500 e. The molecule has 0 spiro atoms. The highest BCUT2D eigenvalue weighted by atomic mass is 28.4. The molecule has 0 aromatic heterocycles. The van der Waals surface area contributed by atoms with Crippen molar-refractivity contribution < 1.29 is 18.0 Å². The van der Waals surface area contributed by atoms with Crippen molar-refractivity contribution in [3.8, 4) is 0 Å². The van der Waals surface area contributed by atoms with Gasteiger partial charge in [-0.15, -0.1) is 0 Å². The lowest BCUT2D eigenvalue weighted by atomic mass is 10.4. The monoisotopic (exact) mass is 234 g/mol. The van der Waals surface area contributed by atoms with Crippen molar-refractivity contribution in [2.45, 2.75) is 19.4 Å². The van der Waals surface area contributed by atoms with Crippen molar-refractivity contribution >= 4 is 8.80 Å². The summed E-state index contributed by atoms with van der Waals surface area (Å²) in [6, 6.07) is 0.771. The van der Waals surface area contributed by atoms with Crippen LogP contribution in [0, 0.1) is 0 Å². The third kappa shape index (κ3) is 6.06. The minimum Gasteiger partial charge on any atom is -0.377 e. The molecule has 0 heterocycles. The Bertz CT molecular complexity index is 172. The Morgan fingerprint density at radius 2 is 1.67 bits per heavy atom. The van der Waals surface area contributed by atoms with Gasteiger partial charge in [0.15, 0.2) is 0 Å². The zero-order valence-corrected chi connectivity index (χ0v) is 11.2. The zero-order chi connectivity index (χ0) is 11.7. The Hall–Kier alpha value is -0.203. The van der Waals surface area contributed by atoms with Gasteiger partial charge in [0.25, 0.3) is 0 Å². The molecule has 0 rings (SSSR count). The molecule has 0 aliphatic carbocycles. The molecule has 4 nitrogen and oxygen atoms in total. The molecule has 0 saturated heterocycles. The molecule has 0 N–H and O–H groups in total. The topological polar surface area (TPSA) is 36.9 Å². The van der Waals surface area contributed by atoms with Gasteiger partial charge in [-0.1, -0.05) is 12.2 Å². The fourth-order valence-corrected chi connectivity index (χ4v) is 2.88. The molecule has 0 radical (unpaired) electrons. The van der Waals surface area contributed by atoms with Crippen LogP contribution < -0.4 is 0 Å². The standard InChI is InChI=1S/C10H22O4Si/c1-10(2)9-14-7-6-8-15(11-3,12-4)13-5/h1,6-9H2,2-5H3. The SMILES string of the molecule is C=C(C)COCCC[Si](OC)(OC)OC. The van der Waals surface area contributed by atoms with Crippen LogP contribution in [-0.4, -0.2) is 43.3 Å². The van der Waals surface area contributed by atoms with Crippen LogP contribution in [0.2, 0.25) is 6.04 Å². The van der Waals surface area contributed by atoms with E-state index in [2.05, 4.69) is 6.58 Å². The van der Waals surface area contributed by atoms with E-state index < -0.39 is 8.80 Å². The van der Waals surface area contributed by atoms with Crippen LogP contribution in [0.3, 0.4) is 0 Å². The molecule has 5 heteroatoms. The van der Waals surface area contributed by atoms with Gasteiger partial charge in [0.1, 0.15) is 0 Å². The molecule has 0 aromatic carbocycles. The van der Waals surface area contributed by atoms with Crippen LogP contribution in [-0.2, 0) is 18.0 Å². The minimum absolute atomic E-state index is 0.613. The minimum atomic E-state index is -2.40. The summed E-state index contributed by atoms with van der Waals surface area (Å²) in [5.74, 6) is 0. The van der Waals surface area contributed by atoms with Crippen molar-refractivity contribution in [3.63, 3.8) is 0 Å². The van der Waals surface area contributed by atoms with E-state index in [1.807, 2.05) is 6.92 Å². The summed E-state index contributed by atoms with van der Waals surface area (Å²) in [4.78, 5) is 0. The molecule has 0 aromatic rings. The van der Waals surface area contributed by atoms with Crippen molar-refractivity contribution in [3.05, 3.63) is 12.2 Å². The van der Waals surface area contributed by atoms with Crippen molar-refractivity contribution in [1.82, 2.24) is 0 Å². The highest BCUT2D eigenvalue weighted by Crippen LogP contribution is 2.14. The van der Waals surface area contributed by atoms with Gasteiger partial charge in [-0.25, -0.2) is 0 Å². The molecular formula is C10H22O4Si. The quantitative estimate of drug-likeness (QED) is 0.346. The van der Waals surface area contributed by atoms with Crippen LogP contribution in [0.1, 0.15) is 13.3 Å². The van der Waals surface area contributed by atoms with Gasteiger partial charge >= 0.3 is 8.80 Å². The van der Waals surface area contributed by atoms with Gasteiger partial charge in [0.05, 0.1) is 6.61 Å². The summed E-state index contributed by atoms with van der Waals surface area (Å²) in [6.45, 7) is 6.99. The Kier molecular flexibility index (Phi) is 7.90. The summed E-state index contributed by atoms with van der Waals surface area (Å²) in [5, 5.41) is 0. The van der Waals surface area contributed by atoms with Gasteiger partial charge in [-0.3, -0.25) is 0 Å². The summed E-state index contributed by atoms with van der Waals surface area (Å²) >= 11 is 0. The first-order valence-electron chi connectivity index (χ1n) is 4.98. The number of hydrogen-bond acceptors (Lipinski definition) is 4. The fourth-order valence-electron chi connectivity index (χ4n) is 1.19. The number of ether oxygens (including phenoxy) is 1. The van der Waals surface area contributed by atoms with E-state index in [4.69, 9.17) is 18.0 Å². The van der Waals surface area contributed by atoms with E-state index in [1.54, 1.807) is 21.3 Å². The number of hydrogen-bond donors (Lipinski definition) is 0. The predicted octanol–water partition coefficient (Wildman–Crippen LogP) is 1.85. The van der Waals surface area contributed by atoms with Gasteiger partial charge in [-0.05, 0) is 13.3 Å². The first kappa shape index (κ1) is 14.8. The van der Waals surface area contributed by atoms with Crippen molar-refractivity contribution in [2.24, 2.45) is 0 Å². The van der Waals surface area contributed by atoms with Crippen molar-refractivity contribution in [1.29, 1.82) is 0 Å². The van der Waals surface area contributed by atoms with E-state index in [-0.39, 0.29) is 0 Å². The second-order valence-corrected chi connectivity index (χ2v) is 6.50. The average Bonchev–Trinajstić information content (AvgIpc) is 2.24. The molecule has 15 heavy (non-hydrogen) atoms. The number of rotatable bonds is 9. The highest BCUT2D eigenvalue weighted by Gasteiger charge is 2.36. The highest BCUT2D eigenvalue weighted by molar-refractivity contribution is 6.60. The molecule has 90 valence electrons. The van der Waals surface area contributed by atoms with Gasteiger partial charge in [0, 0.05) is 34.0 Å². The van der Waals surface area contributed by atoms with Crippen LogP contribution in [0.15, 0.2) is 12.2 Å². The molecule has 0 unspecified atom stereocenters. The molecule has 0 fully saturated rings. The van der Waals surface area contributed by atoms with Crippen LogP contribution >= 0.6 is 0 Å². The maximum atomic E-state index is 5.38. The van der Waals surface area contributed by atoms with Gasteiger partial charge in [-0.2, -0.15) is 0 Å². The van der Waals surface area contributed by atoms with Crippen LogP contribution in [0.4, 0.5) is 0 Å². The van der Waals surface area contributed by atoms with Crippen LogP contribution in [0.5, 0.6) is 0 Å². The van der Waals surface area contributed by atoms with E-state index in [0.29, 0.717) is 13.2 Å². The van der Waals surface area contributed by atoms with Gasteiger partial charge < -0.3 is 18.0 Å². The lowest BCUT2D eigenvalue weighted by Gasteiger charge is -2.24. The van der Waals surface area contributed by atoms with E-state index >= 15 is 0 Å². The molecular weight excluding hydrogens is 212 g/mol. The van der Waals surface area contributed by atoms with Crippen molar-refractivity contribution in [2.75, 3.05) is 34.5 Å². The lowest BCUT2D eigenvalue weighted by molar-refractivity contribution is 0.113. The fraction of sp³-hybridized carbons (Fsp3) is 0.800. The third-order valence-electron chi connectivity index (χ3n) is 2.05. The van der Waals surface area contributed by atoms with E-state index in [9.17, 15) is 0 Å². The van der Waals surface area contributed by atoms with E-state index in [1.165, 1.54) is 0 Å². The summed E-state index contributed by atoms with van der Waals surface area (Å²) < 4.78 is 21.2. The molecule has 0 atom stereocenters. The average molecular weight is 234 g/mol. The lowest BCUT2D eigenvalue weighted by Crippen LogP contribution is -2.42. The second kappa shape index (κ2) is 8.01. The predicted molar refractivity (Wildman–Crippen MR) is 61.8 cm³/mol. The second-order valence-electron chi connectivity index (χ2n) is 3.41. The first-order valence-corrected chi connectivity index (χ1v) is 6.91. The Morgan fingerprint density at radius 3 is 2.07 bits per heavy atom. The molecule has 0 aliphatic rings. The molecule has 0 aliphatic heterocycles. The van der Waals surface area contributed by atoms with Crippen LogP contribution in [0.25, 0.3) is 0 Å². The smallest absolute Gasteiger partial charge is 0.377 e. The Morgan fingerprint density at radius 1 is 1.13 bits per heavy atom. The first-order chi connectivity index (χ1) is 7.10. The Balaban J connectivity index is 3.67. The normalized spacial score (nSPS) is 11.7. The molecule has 0 saturated carbocycles. The molecule has 0 bridgehead atoms. The third-order valence-corrected chi connectivity index (χ3v) is 4.89. The Labute approximate surface area is 93.5 Å². The summed E-state index contributed by atoms with van der Waals surface area (Å²) in [6.07, 6.45) is 0.870. The zero-order valence-electron chi connectivity index (χ0n) is 10.2. The van der Waals surface area contributed by atoms with E-state index in [0.717, 1.165) is 18.0 Å².